The number of carbonyl (C=O) groups excluding carboxylic acids is 1. The van der Waals surface area contributed by atoms with Crippen LogP contribution in [-0.2, 0) is 21.9 Å². The van der Waals surface area contributed by atoms with Crippen LogP contribution in [0.5, 0.6) is 0 Å². The molecule has 0 spiro atoms. The van der Waals surface area contributed by atoms with E-state index in [1.54, 1.807) is 11.2 Å². The van der Waals surface area contributed by atoms with Gasteiger partial charge in [-0.3, -0.25) is 4.79 Å². The summed E-state index contributed by atoms with van der Waals surface area (Å²) in [6.45, 7) is 8.62. The number of rotatable bonds is 6. The van der Waals surface area contributed by atoms with Gasteiger partial charge < -0.3 is 15.6 Å². The highest BCUT2D eigenvalue weighted by molar-refractivity contribution is 7.89. The van der Waals surface area contributed by atoms with Crippen molar-refractivity contribution < 1.29 is 13.2 Å². The minimum atomic E-state index is -3.31. The van der Waals surface area contributed by atoms with Crippen LogP contribution >= 0.6 is 0 Å². The molecule has 200 valence electrons. The molecule has 3 N–H and O–H groups in total. The van der Waals surface area contributed by atoms with E-state index in [0.29, 0.717) is 55.1 Å². The molecule has 1 amide bonds. The Morgan fingerprint density at radius 3 is 2.58 bits per heavy atom. The zero-order valence-corrected chi connectivity index (χ0v) is 22.9. The summed E-state index contributed by atoms with van der Waals surface area (Å²) in [5.41, 5.74) is 13.1. The smallest absolute Gasteiger partial charge is 0.250 e. The Kier molecular flexibility index (Phi) is 6.87. The topological polar surface area (TPSA) is 123 Å². The molecule has 38 heavy (non-hydrogen) atoms. The molecule has 1 aromatic carbocycles. The van der Waals surface area contributed by atoms with Crippen molar-refractivity contribution in [2.75, 3.05) is 24.1 Å². The van der Waals surface area contributed by atoms with E-state index in [-0.39, 0.29) is 5.91 Å². The highest BCUT2D eigenvalue weighted by Gasteiger charge is 2.35. The lowest BCUT2D eigenvalue weighted by atomic mass is 9.89. The summed E-state index contributed by atoms with van der Waals surface area (Å²) < 4.78 is 30.1. The highest BCUT2D eigenvalue weighted by atomic mass is 32.2. The summed E-state index contributed by atoms with van der Waals surface area (Å²) in [6.07, 6.45) is 7.01. The molecule has 10 heteroatoms. The van der Waals surface area contributed by atoms with Gasteiger partial charge in [-0.1, -0.05) is 18.7 Å². The van der Waals surface area contributed by atoms with Crippen LogP contribution in [0.25, 0.3) is 27.9 Å². The van der Waals surface area contributed by atoms with Crippen LogP contribution in [0.15, 0.2) is 42.8 Å². The Bertz CT molecular complexity index is 1580. The third kappa shape index (κ3) is 4.52. The number of carbonyl (C=O) groups is 1. The fourth-order valence-corrected chi connectivity index (χ4v) is 7.55. The monoisotopic (exact) mass is 534 g/mol. The van der Waals surface area contributed by atoms with Crippen LogP contribution < -0.4 is 11.1 Å². The van der Waals surface area contributed by atoms with Gasteiger partial charge in [0.1, 0.15) is 17.8 Å². The fraction of sp³-hybridized carbons (Fsp3) is 0.393. The number of amides is 1. The summed E-state index contributed by atoms with van der Waals surface area (Å²) in [6, 6.07) is 5.78. The van der Waals surface area contributed by atoms with Crippen LogP contribution in [0, 0.1) is 6.92 Å². The quantitative estimate of drug-likeness (QED) is 0.452. The number of anilines is 2. The van der Waals surface area contributed by atoms with Crippen molar-refractivity contribution in [3.8, 4) is 11.3 Å². The largest absolute Gasteiger partial charge is 0.383 e. The van der Waals surface area contributed by atoms with Crippen LogP contribution in [0.2, 0.25) is 0 Å². The van der Waals surface area contributed by atoms with Gasteiger partial charge in [-0.05, 0) is 69.2 Å². The van der Waals surface area contributed by atoms with E-state index in [0.717, 1.165) is 46.2 Å². The Balaban J connectivity index is 1.58. The zero-order chi connectivity index (χ0) is 27.2. The van der Waals surface area contributed by atoms with E-state index >= 15 is 0 Å². The number of aromatic nitrogens is 3. The van der Waals surface area contributed by atoms with Crippen molar-refractivity contribution in [3.63, 3.8) is 0 Å². The molecule has 1 aliphatic heterocycles. The first-order valence-electron chi connectivity index (χ1n) is 12.9. The second kappa shape index (κ2) is 9.99. The minimum Gasteiger partial charge on any atom is -0.383 e. The molecule has 3 heterocycles. The van der Waals surface area contributed by atoms with E-state index in [1.165, 1.54) is 6.33 Å². The van der Waals surface area contributed by atoms with Crippen LogP contribution in [-0.4, -0.2) is 51.5 Å². The molecule has 2 aromatic heterocycles. The Labute approximate surface area is 223 Å². The lowest BCUT2D eigenvalue weighted by Gasteiger charge is -2.27. The number of sulfonamides is 1. The maximum atomic E-state index is 13.2. The van der Waals surface area contributed by atoms with Gasteiger partial charge in [-0.15, -0.1) is 0 Å². The first-order chi connectivity index (χ1) is 18.1. The number of aryl methyl sites for hydroxylation is 2. The second-order valence-corrected chi connectivity index (χ2v) is 12.5. The number of nitrogens with two attached hydrogens (primary N) is 1. The summed E-state index contributed by atoms with van der Waals surface area (Å²) in [4.78, 5) is 20.9. The average Bonchev–Trinajstić information content (AvgIpc) is 3.53. The Hall–Kier alpha value is -3.50. The van der Waals surface area contributed by atoms with E-state index < -0.39 is 15.3 Å². The first kappa shape index (κ1) is 26.1. The summed E-state index contributed by atoms with van der Waals surface area (Å²) in [5.74, 6) is 0.166. The third-order valence-electron chi connectivity index (χ3n) is 7.65. The van der Waals surface area contributed by atoms with Gasteiger partial charge >= 0.3 is 0 Å². The maximum Gasteiger partial charge on any atom is 0.250 e. The van der Waals surface area contributed by atoms with Crippen molar-refractivity contribution >= 4 is 44.0 Å². The van der Waals surface area contributed by atoms with Gasteiger partial charge in [0, 0.05) is 42.5 Å². The van der Waals surface area contributed by atoms with Crippen molar-refractivity contribution in [1.82, 2.24) is 18.8 Å². The first-order valence-corrected chi connectivity index (χ1v) is 14.4. The van der Waals surface area contributed by atoms with Gasteiger partial charge in [-0.25, -0.2) is 22.7 Å². The van der Waals surface area contributed by atoms with Crippen molar-refractivity contribution in [3.05, 3.63) is 53.9 Å². The summed E-state index contributed by atoms with van der Waals surface area (Å²) in [7, 11) is -1.36. The van der Waals surface area contributed by atoms with E-state index in [9.17, 15) is 13.2 Å². The molecule has 5 rings (SSSR count). The summed E-state index contributed by atoms with van der Waals surface area (Å²) in [5, 5.41) is 3.24. The molecule has 0 unspecified atom stereocenters. The van der Waals surface area contributed by atoms with Crippen LogP contribution in [0.1, 0.15) is 50.2 Å². The normalized spacial score (nSPS) is 18.5. The van der Waals surface area contributed by atoms with E-state index in [4.69, 9.17) is 5.73 Å². The van der Waals surface area contributed by atoms with Gasteiger partial charge in [0.05, 0.1) is 16.3 Å². The average molecular weight is 535 g/mol. The molecule has 1 atom stereocenters. The third-order valence-corrected chi connectivity index (χ3v) is 10.0. The number of hydrogen-bond donors (Lipinski definition) is 2. The number of fused-ring (bicyclic) bond motifs is 1. The van der Waals surface area contributed by atoms with E-state index in [2.05, 4.69) is 27.9 Å². The number of benzene rings is 1. The van der Waals surface area contributed by atoms with Crippen LogP contribution in [0.4, 0.5) is 11.5 Å². The standard InChI is InChI=1S/C28H34N6O3S/c1-17(2)28(35)32-20-9-12-22(18(3)15-20)25-23(24-26(29)30-16-31-27(24)33(25)4)19-7-10-21(11-8-19)38(36,37)34-13-5-6-14-34/h7,9,12,15-16,21H,1,5-6,8,10-11,13-14H2,2-4H3,(H,32,35)(H2,29,30,31)/t21-/m1/s1. The van der Waals surface area contributed by atoms with E-state index in [1.807, 2.05) is 36.7 Å². The number of nitrogens with one attached hydrogen (secondary N) is 1. The van der Waals surface area contributed by atoms with Crippen molar-refractivity contribution in [2.45, 2.75) is 51.2 Å². The maximum absolute atomic E-state index is 13.2. The highest BCUT2D eigenvalue weighted by Crippen LogP contribution is 2.44. The minimum absolute atomic E-state index is 0.226. The molecular weight excluding hydrogens is 500 g/mol. The fourth-order valence-electron chi connectivity index (χ4n) is 5.61. The predicted molar refractivity (Wildman–Crippen MR) is 152 cm³/mol. The Morgan fingerprint density at radius 2 is 1.95 bits per heavy atom. The molecule has 2 aliphatic rings. The van der Waals surface area contributed by atoms with Crippen molar-refractivity contribution in [2.24, 2.45) is 7.05 Å². The summed E-state index contributed by atoms with van der Waals surface area (Å²) >= 11 is 0. The lowest BCUT2D eigenvalue weighted by Crippen LogP contribution is -2.37. The lowest BCUT2D eigenvalue weighted by molar-refractivity contribution is -0.112. The van der Waals surface area contributed by atoms with Crippen molar-refractivity contribution in [1.29, 1.82) is 0 Å². The number of nitrogen functional groups attached to an aromatic ring is 1. The predicted octanol–water partition coefficient (Wildman–Crippen LogP) is 4.40. The SMILES string of the molecule is C=C(C)C(=O)Nc1ccc(-c2c(C3=CC[C@@H](S(=O)(=O)N4CCCC4)CC3)c3c(N)ncnc3n2C)c(C)c1. The molecule has 1 aliphatic carbocycles. The molecule has 1 fully saturated rings. The molecular formula is C28H34N6O3S. The number of nitrogens with zero attached hydrogens (tertiary/aromatic N) is 4. The molecule has 0 bridgehead atoms. The molecule has 3 aromatic rings. The van der Waals surface area contributed by atoms with Crippen LogP contribution in [0.3, 0.4) is 0 Å². The molecule has 0 radical (unpaired) electrons. The second-order valence-electron chi connectivity index (χ2n) is 10.3. The Morgan fingerprint density at radius 1 is 1.21 bits per heavy atom. The zero-order valence-electron chi connectivity index (χ0n) is 22.1. The number of allylic oxidation sites excluding steroid dienone is 2. The molecule has 0 saturated carbocycles. The van der Waals surface area contributed by atoms with Gasteiger partial charge in [0.15, 0.2) is 0 Å². The van der Waals surface area contributed by atoms with Gasteiger partial charge in [0.2, 0.25) is 10.0 Å². The number of hydrogen-bond acceptors (Lipinski definition) is 6. The molecule has 1 saturated heterocycles. The van der Waals surface area contributed by atoms with Gasteiger partial charge in [-0.2, -0.15) is 0 Å². The van der Waals surface area contributed by atoms with Gasteiger partial charge in [0.25, 0.3) is 5.91 Å². The molecule has 9 nitrogen and oxygen atoms in total.